The molecule has 2 aliphatic heterocycles. The maximum absolute atomic E-state index is 5.12. The first-order valence-corrected chi connectivity index (χ1v) is 16.8. The van der Waals surface area contributed by atoms with Gasteiger partial charge in [-0.15, -0.1) is 0 Å². The van der Waals surface area contributed by atoms with Crippen molar-refractivity contribution in [2.45, 2.75) is 38.5 Å². The standard InChI is InChI=1S/C39H28Br2N4/c1-38(2)28-16-23(37-43-35(21-11-7-5-8-12-21)42-36(44-37)22-13-9-6-10-14-22)15-26-27-17-24(40)18-29-33(27)45(32(26)28)34-30(38)19-25(41)20-31(34)39(29,3)4/h5-20H,1-4H3. The average Bonchev–Trinajstić information content (AvgIpc) is 3.37. The highest BCUT2D eigenvalue weighted by Gasteiger charge is 2.44. The van der Waals surface area contributed by atoms with Gasteiger partial charge in [0.1, 0.15) is 0 Å². The third-order valence-electron chi connectivity index (χ3n) is 9.87. The molecule has 2 aliphatic rings. The summed E-state index contributed by atoms with van der Waals surface area (Å²) in [5.41, 5.74) is 11.6. The van der Waals surface area contributed by atoms with Gasteiger partial charge in [-0.25, -0.2) is 15.0 Å². The molecule has 0 spiro atoms. The van der Waals surface area contributed by atoms with Crippen LogP contribution in [0.2, 0.25) is 0 Å². The van der Waals surface area contributed by atoms with Crippen LogP contribution in [0, 0.1) is 0 Å². The minimum absolute atomic E-state index is 0.180. The van der Waals surface area contributed by atoms with Crippen LogP contribution in [0.1, 0.15) is 49.9 Å². The molecule has 0 fully saturated rings. The summed E-state index contributed by atoms with van der Waals surface area (Å²) < 4.78 is 4.73. The molecule has 4 heterocycles. The van der Waals surface area contributed by atoms with Crippen LogP contribution >= 0.6 is 31.9 Å². The van der Waals surface area contributed by atoms with Crippen LogP contribution < -0.4 is 0 Å². The molecule has 0 unspecified atom stereocenters. The number of hydrogen-bond acceptors (Lipinski definition) is 3. The summed E-state index contributed by atoms with van der Waals surface area (Å²) in [5, 5.41) is 2.46. The van der Waals surface area contributed by atoms with E-state index in [1.165, 1.54) is 49.7 Å². The van der Waals surface area contributed by atoms with Gasteiger partial charge in [0.05, 0.1) is 16.7 Å². The van der Waals surface area contributed by atoms with Gasteiger partial charge in [-0.1, -0.05) is 120 Å². The molecular weight excluding hydrogens is 684 g/mol. The Morgan fingerprint density at radius 1 is 0.489 bits per heavy atom. The van der Waals surface area contributed by atoms with E-state index >= 15 is 0 Å². The second-order valence-electron chi connectivity index (χ2n) is 13.2. The normalized spacial score (nSPS) is 15.2. The molecular formula is C39H28Br2N4. The Labute approximate surface area is 278 Å². The van der Waals surface area contributed by atoms with Gasteiger partial charge < -0.3 is 4.57 Å². The second-order valence-corrected chi connectivity index (χ2v) is 15.1. The highest BCUT2D eigenvalue weighted by atomic mass is 79.9. The zero-order valence-electron chi connectivity index (χ0n) is 25.3. The Balaban J connectivity index is 1.42. The molecule has 0 saturated carbocycles. The lowest BCUT2D eigenvalue weighted by molar-refractivity contribution is 0.592. The van der Waals surface area contributed by atoms with E-state index in [1.54, 1.807) is 0 Å². The van der Waals surface area contributed by atoms with E-state index in [0.29, 0.717) is 17.5 Å². The minimum atomic E-state index is -0.269. The summed E-state index contributed by atoms with van der Waals surface area (Å²) >= 11 is 7.78. The Bertz CT molecular complexity index is 2330. The molecule has 7 aromatic rings. The monoisotopic (exact) mass is 710 g/mol. The Hall–Kier alpha value is -4.13. The van der Waals surface area contributed by atoms with Gasteiger partial charge in [-0.2, -0.15) is 0 Å². The van der Waals surface area contributed by atoms with Crippen molar-refractivity contribution in [1.29, 1.82) is 0 Å². The van der Waals surface area contributed by atoms with E-state index in [9.17, 15) is 0 Å². The minimum Gasteiger partial charge on any atom is -0.308 e. The Morgan fingerprint density at radius 3 is 1.44 bits per heavy atom. The van der Waals surface area contributed by atoms with Crippen LogP contribution in [0.4, 0.5) is 0 Å². The van der Waals surface area contributed by atoms with Crippen molar-refractivity contribution < 1.29 is 0 Å². The first kappa shape index (κ1) is 27.2. The van der Waals surface area contributed by atoms with Crippen molar-refractivity contribution in [3.63, 3.8) is 0 Å². The van der Waals surface area contributed by atoms with Gasteiger partial charge in [-0.3, -0.25) is 0 Å². The molecule has 4 nitrogen and oxygen atoms in total. The first-order chi connectivity index (χ1) is 21.6. The summed E-state index contributed by atoms with van der Waals surface area (Å²) in [6, 6.07) is 34.2. The third kappa shape index (κ3) is 3.73. The van der Waals surface area contributed by atoms with Crippen LogP contribution in [0.5, 0.6) is 0 Å². The average molecular weight is 712 g/mol. The quantitative estimate of drug-likeness (QED) is 0.183. The third-order valence-corrected chi connectivity index (χ3v) is 10.8. The smallest absolute Gasteiger partial charge is 0.164 e. The van der Waals surface area contributed by atoms with Crippen LogP contribution in [-0.4, -0.2) is 19.5 Å². The molecule has 2 aromatic heterocycles. The SMILES string of the molecule is CC1(C)c2cc(Br)cc3c2-n2c4c1cc(Br)cc4c1cc(-c4nc(-c5ccccc5)nc(-c5ccccc5)n4)cc(c12)C3(C)C. The predicted molar refractivity (Wildman–Crippen MR) is 190 cm³/mol. The van der Waals surface area contributed by atoms with Gasteiger partial charge in [0.2, 0.25) is 0 Å². The number of fused-ring (bicyclic) bond motifs is 1. The number of aromatic nitrogens is 4. The predicted octanol–water partition coefficient (Wildman–Crippen LogP) is 10.8. The first-order valence-electron chi connectivity index (χ1n) is 15.2. The van der Waals surface area contributed by atoms with Crippen molar-refractivity contribution >= 4 is 53.7 Å². The largest absolute Gasteiger partial charge is 0.308 e. The van der Waals surface area contributed by atoms with E-state index in [-0.39, 0.29) is 10.8 Å². The van der Waals surface area contributed by atoms with Crippen LogP contribution in [0.15, 0.2) is 106 Å². The summed E-state index contributed by atoms with van der Waals surface area (Å²) in [6.07, 6.45) is 0. The fraction of sp³-hybridized carbons (Fsp3) is 0.154. The van der Waals surface area contributed by atoms with E-state index in [1.807, 2.05) is 36.4 Å². The molecule has 6 heteroatoms. The summed E-state index contributed by atoms with van der Waals surface area (Å²) in [6.45, 7) is 9.41. The molecule has 0 N–H and O–H groups in total. The molecule has 0 amide bonds. The van der Waals surface area contributed by atoms with Crippen molar-refractivity contribution in [2.75, 3.05) is 0 Å². The van der Waals surface area contributed by atoms with Crippen molar-refractivity contribution in [3.05, 3.63) is 128 Å². The Morgan fingerprint density at radius 2 is 0.911 bits per heavy atom. The molecule has 218 valence electrons. The van der Waals surface area contributed by atoms with Gasteiger partial charge in [0.25, 0.3) is 0 Å². The number of benzene rings is 5. The number of hydrogen-bond donors (Lipinski definition) is 0. The van der Waals surface area contributed by atoms with Crippen molar-refractivity contribution in [1.82, 2.24) is 19.5 Å². The number of rotatable bonds is 3. The molecule has 5 aromatic carbocycles. The topological polar surface area (TPSA) is 43.6 Å². The molecule has 0 aliphatic carbocycles. The number of nitrogens with zero attached hydrogens (tertiary/aromatic N) is 4. The lowest BCUT2D eigenvalue weighted by Crippen LogP contribution is -2.33. The number of halogens is 2. The zero-order valence-corrected chi connectivity index (χ0v) is 28.5. The van der Waals surface area contributed by atoms with Crippen LogP contribution in [0.25, 0.3) is 61.7 Å². The highest BCUT2D eigenvalue weighted by molar-refractivity contribution is 9.10. The van der Waals surface area contributed by atoms with Crippen LogP contribution in [-0.2, 0) is 10.8 Å². The van der Waals surface area contributed by atoms with Gasteiger partial charge >= 0.3 is 0 Å². The van der Waals surface area contributed by atoms with Gasteiger partial charge in [-0.05, 0) is 58.7 Å². The summed E-state index contributed by atoms with van der Waals surface area (Å²) in [5.74, 6) is 2.00. The van der Waals surface area contributed by atoms with E-state index in [4.69, 9.17) is 15.0 Å². The summed E-state index contributed by atoms with van der Waals surface area (Å²) in [7, 11) is 0. The lowest BCUT2D eigenvalue weighted by atomic mass is 9.68. The fourth-order valence-corrected chi connectivity index (χ4v) is 8.48. The lowest BCUT2D eigenvalue weighted by Gasteiger charge is -2.42. The molecule has 0 saturated heterocycles. The zero-order chi connectivity index (χ0) is 30.8. The fourth-order valence-electron chi connectivity index (χ4n) is 7.56. The van der Waals surface area contributed by atoms with Crippen LogP contribution in [0.3, 0.4) is 0 Å². The summed E-state index contributed by atoms with van der Waals surface area (Å²) in [4.78, 5) is 15.2. The molecule has 0 radical (unpaired) electrons. The molecule has 9 rings (SSSR count). The van der Waals surface area contributed by atoms with E-state index in [2.05, 4.69) is 125 Å². The maximum Gasteiger partial charge on any atom is 0.164 e. The second kappa shape index (κ2) is 9.21. The Kier molecular flexibility index (Phi) is 5.57. The van der Waals surface area contributed by atoms with Crippen molar-refractivity contribution in [3.8, 4) is 39.9 Å². The molecule has 0 atom stereocenters. The molecule has 0 bridgehead atoms. The van der Waals surface area contributed by atoms with Crippen molar-refractivity contribution in [2.24, 2.45) is 0 Å². The highest BCUT2D eigenvalue weighted by Crippen LogP contribution is 2.56. The molecule has 45 heavy (non-hydrogen) atoms. The van der Waals surface area contributed by atoms with E-state index in [0.717, 1.165) is 25.6 Å². The van der Waals surface area contributed by atoms with E-state index < -0.39 is 0 Å². The van der Waals surface area contributed by atoms with Gasteiger partial charge in [0.15, 0.2) is 17.5 Å². The van der Waals surface area contributed by atoms with Gasteiger partial charge in [0, 0.05) is 47.2 Å². The maximum atomic E-state index is 5.12.